The highest BCUT2D eigenvalue weighted by molar-refractivity contribution is 7.02. The SMILES string of the molecule is Cc1cc(C)cc(-c2ccc3c(c2)c2c4n(c5ccccc5n34)-c3cc(C)cc4c3B2c2cc(-c3c(C)cc(C)cc3C)ccc2-4)c1. The van der Waals surface area contributed by atoms with Crippen LogP contribution in [0.2, 0.25) is 0 Å². The summed E-state index contributed by atoms with van der Waals surface area (Å²) in [4.78, 5) is 0. The van der Waals surface area contributed by atoms with E-state index in [4.69, 9.17) is 0 Å². The van der Waals surface area contributed by atoms with Gasteiger partial charge in [0, 0.05) is 5.69 Å². The molecule has 0 fully saturated rings. The quantitative estimate of drug-likeness (QED) is 0.175. The van der Waals surface area contributed by atoms with Crippen molar-refractivity contribution in [2.45, 2.75) is 41.5 Å². The molecule has 6 aromatic carbocycles. The number of rotatable bonds is 2. The number of aromatic nitrogens is 2. The third-order valence-electron chi connectivity index (χ3n) is 10.8. The molecule has 3 heteroatoms. The summed E-state index contributed by atoms with van der Waals surface area (Å²) in [7, 11) is 0. The van der Waals surface area contributed by atoms with E-state index in [9.17, 15) is 0 Å². The predicted molar refractivity (Wildman–Crippen MR) is 201 cm³/mol. The van der Waals surface area contributed by atoms with Gasteiger partial charge in [0.05, 0.1) is 16.6 Å². The van der Waals surface area contributed by atoms with E-state index in [1.165, 1.54) is 116 Å². The van der Waals surface area contributed by atoms with Gasteiger partial charge in [0.15, 0.2) is 0 Å². The largest absolute Gasteiger partial charge is 0.295 e. The van der Waals surface area contributed by atoms with Crippen LogP contribution in [0, 0.1) is 41.5 Å². The van der Waals surface area contributed by atoms with Gasteiger partial charge in [-0.1, -0.05) is 94.9 Å². The van der Waals surface area contributed by atoms with E-state index in [-0.39, 0.29) is 6.71 Å². The number of imidazole rings is 1. The first kappa shape index (κ1) is 26.9. The number of para-hydroxylation sites is 2. The molecule has 4 heterocycles. The van der Waals surface area contributed by atoms with Crippen LogP contribution in [-0.2, 0) is 0 Å². The van der Waals surface area contributed by atoms with Crippen LogP contribution in [0.3, 0.4) is 0 Å². The summed E-state index contributed by atoms with van der Waals surface area (Å²) in [6, 6.07) is 39.8. The minimum atomic E-state index is 0.153. The molecule has 0 bridgehead atoms. The van der Waals surface area contributed by atoms with Crippen LogP contribution < -0.4 is 16.4 Å². The normalized spacial score (nSPS) is 12.9. The zero-order valence-corrected chi connectivity index (χ0v) is 27.8. The summed E-state index contributed by atoms with van der Waals surface area (Å²) in [5, 5.41) is 1.35. The number of nitrogens with zero attached hydrogens (tertiary/aromatic N) is 2. The van der Waals surface area contributed by atoms with Gasteiger partial charge >= 0.3 is 0 Å². The van der Waals surface area contributed by atoms with Crippen LogP contribution in [0.4, 0.5) is 0 Å². The van der Waals surface area contributed by atoms with E-state index in [1.54, 1.807) is 0 Å². The summed E-state index contributed by atoms with van der Waals surface area (Å²) in [5.41, 5.74) is 26.6. The van der Waals surface area contributed by atoms with Crippen molar-refractivity contribution in [1.82, 2.24) is 8.97 Å². The van der Waals surface area contributed by atoms with Crippen molar-refractivity contribution in [2.75, 3.05) is 0 Å². The molecule has 2 aromatic heterocycles. The highest BCUT2D eigenvalue weighted by Crippen LogP contribution is 2.40. The monoisotopic (exact) mass is 602 g/mol. The number of aryl methyl sites for hydroxylation is 6. The molecular formula is C44H35BN2. The van der Waals surface area contributed by atoms with Gasteiger partial charge in [-0.2, -0.15) is 0 Å². The van der Waals surface area contributed by atoms with Gasteiger partial charge < -0.3 is 0 Å². The Bertz CT molecular complexity index is 2660. The molecule has 0 aliphatic carbocycles. The first-order valence-electron chi connectivity index (χ1n) is 16.8. The third kappa shape index (κ3) is 3.52. The maximum absolute atomic E-state index is 2.56. The average Bonchev–Trinajstić information content (AvgIpc) is 3.66. The summed E-state index contributed by atoms with van der Waals surface area (Å²) < 4.78 is 5.09. The third-order valence-corrected chi connectivity index (χ3v) is 10.8. The Hall–Kier alpha value is -5.28. The fraction of sp³-hybridized carbons (Fsp3) is 0.136. The first-order chi connectivity index (χ1) is 22.8. The molecule has 0 atom stereocenters. The molecule has 0 saturated carbocycles. The van der Waals surface area contributed by atoms with E-state index >= 15 is 0 Å². The fourth-order valence-electron chi connectivity index (χ4n) is 9.35. The van der Waals surface area contributed by atoms with Crippen molar-refractivity contribution in [3.63, 3.8) is 0 Å². The van der Waals surface area contributed by atoms with Crippen LogP contribution >= 0.6 is 0 Å². The topological polar surface area (TPSA) is 9.34 Å². The zero-order chi connectivity index (χ0) is 31.9. The van der Waals surface area contributed by atoms with Crippen molar-refractivity contribution >= 4 is 50.7 Å². The summed E-state index contributed by atoms with van der Waals surface area (Å²) in [6.07, 6.45) is 0. The molecule has 0 saturated heterocycles. The Balaban J connectivity index is 1.35. The van der Waals surface area contributed by atoms with Gasteiger partial charge in [-0.25, -0.2) is 0 Å². The zero-order valence-electron chi connectivity index (χ0n) is 27.8. The molecular weight excluding hydrogens is 567 g/mol. The van der Waals surface area contributed by atoms with Gasteiger partial charge in [0.25, 0.3) is 6.71 Å². The van der Waals surface area contributed by atoms with Crippen molar-refractivity contribution in [3.8, 4) is 39.1 Å². The van der Waals surface area contributed by atoms with E-state index in [0.717, 1.165) is 0 Å². The molecule has 0 radical (unpaired) electrons. The molecule has 224 valence electrons. The van der Waals surface area contributed by atoms with Gasteiger partial charge in [0.2, 0.25) is 0 Å². The van der Waals surface area contributed by atoms with Gasteiger partial charge in [-0.3, -0.25) is 8.97 Å². The van der Waals surface area contributed by atoms with E-state index in [1.807, 2.05) is 0 Å². The second-order valence-corrected chi connectivity index (χ2v) is 14.3. The van der Waals surface area contributed by atoms with E-state index in [2.05, 4.69) is 154 Å². The highest BCUT2D eigenvalue weighted by atomic mass is 15.1. The predicted octanol–water partition coefficient (Wildman–Crippen LogP) is 9.03. The van der Waals surface area contributed by atoms with Crippen molar-refractivity contribution in [2.24, 2.45) is 0 Å². The molecule has 47 heavy (non-hydrogen) atoms. The highest BCUT2D eigenvalue weighted by Gasteiger charge is 2.43. The lowest BCUT2D eigenvalue weighted by atomic mass is 9.37. The average molecular weight is 603 g/mol. The Labute approximate surface area is 276 Å². The lowest BCUT2D eigenvalue weighted by Crippen LogP contribution is -2.53. The molecule has 0 unspecified atom stereocenters. The standard InChI is InChI=1S/C44H35BN2/c1-24-15-25(2)19-32(18-24)30-12-14-37-35(22-30)43-44-46(37)38-9-7-8-10-39(38)47(44)40-21-27(4)20-34-33-13-11-31(23-36(33)45(43)42(34)40)41-28(5)16-26(3)17-29(41)6/h7-23H,1-6H3. The molecule has 2 nitrogen and oxygen atoms in total. The maximum atomic E-state index is 2.56. The fourth-order valence-corrected chi connectivity index (χ4v) is 9.35. The van der Waals surface area contributed by atoms with Crippen LogP contribution in [0.25, 0.3) is 66.7 Å². The molecule has 2 aliphatic heterocycles. The Morgan fingerprint density at radius 3 is 1.94 bits per heavy atom. The minimum absolute atomic E-state index is 0.153. The molecule has 8 aromatic rings. The second-order valence-electron chi connectivity index (χ2n) is 14.3. The molecule has 0 spiro atoms. The first-order valence-corrected chi connectivity index (χ1v) is 16.8. The molecule has 0 amide bonds. The maximum Gasteiger partial charge on any atom is 0.251 e. The Morgan fingerprint density at radius 1 is 0.489 bits per heavy atom. The van der Waals surface area contributed by atoms with Crippen LogP contribution in [0.5, 0.6) is 0 Å². The van der Waals surface area contributed by atoms with Crippen LogP contribution in [-0.4, -0.2) is 15.7 Å². The summed E-state index contributed by atoms with van der Waals surface area (Å²) in [5.74, 6) is 0. The van der Waals surface area contributed by atoms with Crippen LogP contribution in [0.15, 0.2) is 103 Å². The van der Waals surface area contributed by atoms with E-state index in [0.29, 0.717) is 0 Å². The number of hydrogen-bond acceptors (Lipinski definition) is 0. The van der Waals surface area contributed by atoms with Crippen molar-refractivity contribution < 1.29 is 0 Å². The lowest BCUT2D eigenvalue weighted by molar-refractivity contribution is 1.15. The minimum Gasteiger partial charge on any atom is -0.295 e. The second kappa shape index (κ2) is 9.17. The molecule has 10 rings (SSSR count). The summed E-state index contributed by atoms with van der Waals surface area (Å²) >= 11 is 0. The van der Waals surface area contributed by atoms with Gasteiger partial charge in [-0.05, 0) is 138 Å². The van der Waals surface area contributed by atoms with Crippen molar-refractivity contribution in [1.29, 1.82) is 0 Å². The van der Waals surface area contributed by atoms with Gasteiger partial charge in [-0.15, -0.1) is 0 Å². The number of hydrogen-bond donors (Lipinski definition) is 0. The smallest absolute Gasteiger partial charge is 0.251 e. The van der Waals surface area contributed by atoms with E-state index < -0.39 is 0 Å². The Morgan fingerprint density at radius 2 is 1.17 bits per heavy atom. The lowest BCUT2D eigenvalue weighted by Gasteiger charge is -2.23. The Kier molecular flexibility index (Phi) is 5.25. The molecule has 0 N–H and O–H groups in total. The van der Waals surface area contributed by atoms with Crippen molar-refractivity contribution in [3.05, 3.63) is 137 Å². The number of fused-ring (bicyclic) bond motifs is 11. The number of benzene rings is 6. The summed E-state index contributed by atoms with van der Waals surface area (Å²) in [6.45, 7) is 13.5. The van der Waals surface area contributed by atoms with Crippen LogP contribution in [0.1, 0.15) is 33.4 Å². The molecule has 2 aliphatic rings. The van der Waals surface area contributed by atoms with Gasteiger partial charge in [0.1, 0.15) is 5.65 Å².